The van der Waals surface area contributed by atoms with Crippen LogP contribution in [0.25, 0.3) is 0 Å². The van der Waals surface area contributed by atoms with Crippen LogP contribution in [0, 0.1) is 13.8 Å². The van der Waals surface area contributed by atoms with Gasteiger partial charge in [-0.1, -0.05) is 0 Å². The van der Waals surface area contributed by atoms with Gasteiger partial charge in [-0.2, -0.15) is 0 Å². The van der Waals surface area contributed by atoms with Crippen LogP contribution in [0.5, 0.6) is 40.2 Å². The third-order valence-corrected chi connectivity index (χ3v) is 9.96. The Morgan fingerprint density at radius 2 is 1.19 bits per heavy atom. The number of fused-ring (bicyclic) bond motifs is 4. The number of carbonyl (C=O) groups excluding carboxylic acids is 5. The number of hydrogen-bond acceptors (Lipinski definition) is 20. The van der Waals surface area contributed by atoms with Gasteiger partial charge in [0.25, 0.3) is 0 Å². The number of ether oxygens (including phenoxy) is 3. The van der Waals surface area contributed by atoms with E-state index in [4.69, 9.17) is 29.5 Å². The fourth-order valence-corrected chi connectivity index (χ4v) is 6.96. The van der Waals surface area contributed by atoms with Crippen molar-refractivity contribution in [2.75, 3.05) is 63.1 Å². The second-order valence-corrected chi connectivity index (χ2v) is 14.2. The van der Waals surface area contributed by atoms with E-state index in [2.05, 4.69) is 21.3 Å². The minimum absolute atomic E-state index is 0. The van der Waals surface area contributed by atoms with Gasteiger partial charge in [-0.3, -0.25) is 14.4 Å². The van der Waals surface area contributed by atoms with Gasteiger partial charge in [-0.05, 0) is 49.7 Å². The molecule has 22 nitrogen and oxygen atoms in total. The Hall–Kier alpha value is -7.47. The molecule has 68 heavy (non-hydrogen) atoms. The predicted octanol–water partition coefficient (Wildman–Crippen LogP) is 2.94. The van der Waals surface area contributed by atoms with E-state index >= 15 is 0 Å². The molecule has 364 valence electrons. The Labute approximate surface area is 398 Å². The van der Waals surface area contributed by atoms with Gasteiger partial charge in [0.2, 0.25) is 11.6 Å². The van der Waals surface area contributed by atoms with Gasteiger partial charge >= 0.3 is 23.9 Å². The SMILES string of the molecule is Cc1cc(O)c(C=O)c2c1C(=O)Oc1c(COC(=O)C=CC(=O)O)c(O)c(C(=O)O)c(C)c1O2.Cl.Cl.O=C1c2c(O)ccc(O)c2C(=O)c2c(NCCNCCO)ccc(NCCNCCO)c21. The molecule has 4 aromatic rings. The number of aromatic hydroxyl groups is 4. The highest BCUT2D eigenvalue weighted by Crippen LogP contribution is 2.50. The maximum Gasteiger partial charge on any atom is 0.347 e. The van der Waals surface area contributed by atoms with Crippen LogP contribution in [0.4, 0.5) is 11.4 Å². The summed E-state index contributed by atoms with van der Waals surface area (Å²) in [6.45, 7) is 4.64. The van der Waals surface area contributed by atoms with Crippen molar-refractivity contribution in [1.29, 1.82) is 0 Å². The predicted molar refractivity (Wildman–Crippen MR) is 244 cm³/mol. The molecule has 0 aromatic heterocycles. The molecule has 4 aromatic carbocycles. The zero-order chi connectivity index (χ0) is 48.4. The number of anilines is 2. The number of benzene rings is 4. The van der Waals surface area contributed by atoms with E-state index in [0.717, 1.165) is 6.07 Å². The van der Waals surface area contributed by atoms with E-state index in [1.807, 2.05) is 0 Å². The van der Waals surface area contributed by atoms with Crippen molar-refractivity contribution in [2.24, 2.45) is 0 Å². The van der Waals surface area contributed by atoms with Crippen molar-refractivity contribution < 1.29 is 88.6 Å². The summed E-state index contributed by atoms with van der Waals surface area (Å²) in [6.07, 6.45) is 1.30. The van der Waals surface area contributed by atoms with Crippen LogP contribution in [-0.4, -0.2) is 135 Å². The molecule has 0 saturated heterocycles. The Morgan fingerprint density at radius 1 is 0.662 bits per heavy atom. The molecular weight excluding hydrogens is 943 g/mol. The van der Waals surface area contributed by atoms with Crippen LogP contribution in [0.15, 0.2) is 42.5 Å². The fraction of sp³-hybridized carbons (Fsp3) is 0.250. The summed E-state index contributed by atoms with van der Waals surface area (Å²) in [7, 11) is 0. The smallest absolute Gasteiger partial charge is 0.347 e. The minimum atomic E-state index is -1.60. The number of nitrogens with one attached hydrogen (secondary N) is 4. The monoisotopic (exact) mass is 988 g/mol. The first-order valence-electron chi connectivity index (χ1n) is 19.8. The number of esters is 2. The fourth-order valence-electron chi connectivity index (χ4n) is 6.96. The molecule has 0 spiro atoms. The molecule has 12 N–H and O–H groups in total. The van der Waals surface area contributed by atoms with Crippen LogP contribution in [-0.2, 0) is 20.9 Å². The number of carbonyl (C=O) groups is 7. The third-order valence-electron chi connectivity index (χ3n) is 9.96. The highest BCUT2D eigenvalue weighted by atomic mass is 35.5. The summed E-state index contributed by atoms with van der Waals surface area (Å²) >= 11 is 0. The molecule has 0 amide bonds. The molecule has 6 rings (SSSR count). The van der Waals surface area contributed by atoms with E-state index in [9.17, 15) is 59.1 Å². The lowest BCUT2D eigenvalue weighted by Crippen LogP contribution is -2.28. The van der Waals surface area contributed by atoms with Gasteiger partial charge in [0.15, 0.2) is 23.5 Å². The number of carboxylic acids is 2. The first-order chi connectivity index (χ1) is 31.5. The van der Waals surface area contributed by atoms with E-state index in [1.165, 1.54) is 26.0 Å². The summed E-state index contributed by atoms with van der Waals surface area (Å²) in [4.78, 5) is 85.4. The number of halogens is 2. The molecular formula is C44H46Cl2N4O18. The first kappa shape index (κ1) is 54.9. The molecule has 1 aliphatic heterocycles. The molecule has 0 bridgehead atoms. The molecule has 0 saturated carbocycles. The quantitative estimate of drug-likeness (QED) is 0.0150. The van der Waals surface area contributed by atoms with Crippen LogP contribution in [0.2, 0.25) is 0 Å². The van der Waals surface area contributed by atoms with Gasteiger partial charge in [-0.15, -0.1) is 24.8 Å². The van der Waals surface area contributed by atoms with Crippen molar-refractivity contribution in [2.45, 2.75) is 20.5 Å². The summed E-state index contributed by atoms with van der Waals surface area (Å²) in [6, 6.07) is 6.87. The number of carboxylic acid groups (broad SMARTS) is 2. The van der Waals surface area contributed by atoms with Crippen LogP contribution in [0.1, 0.15) is 79.6 Å². The first-order valence-corrected chi connectivity index (χ1v) is 19.8. The largest absolute Gasteiger partial charge is 0.507 e. The molecule has 1 heterocycles. The Bertz CT molecular complexity index is 2590. The Morgan fingerprint density at radius 3 is 1.66 bits per heavy atom. The average molecular weight is 990 g/mol. The number of aromatic carboxylic acids is 1. The number of aliphatic hydroxyl groups is 2. The summed E-state index contributed by atoms with van der Waals surface area (Å²) in [5.41, 5.74) is -1.12. The standard InChI is InChI=1S/C22H28N4O6.C22H16O12.2ClH/c27-11-9-23-5-7-25-13-1-2-14(26-8-6-24-10-12-28)18-17(13)21(31)19-15(29)3-4-16(30)20(19)22(18)32;1-8-5-12(24)10(6-23)19-15(8)22(31)34-20-11(7-32-14(27)4-3-13(25)26)17(28)16(21(29)30)9(2)18(20)33-19;;/h1-4,23-30H,5-12H2;3-6,24,28H,7H2,1-2H3,(H,25,26)(H,29,30);2*1H. The van der Waals surface area contributed by atoms with E-state index in [1.54, 1.807) is 12.1 Å². The normalized spacial score (nSPS) is 11.9. The van der Waals surface area contributed by atoms with Crippen LogP contribution < -0.4 is 30.7 Å². The Balaban J connectivity index is 0.000000351. The number of phenols is 4. The van der Waals surface area contributed by atoms with Crippen molar-refractivity contribution in [1.82, 2.24) is 10.6 Å². The van der Waals surface area contributed by atoms with Crippen LogP contribution in [0.3, 0.4) is 0 Å². The number of aldehydes is 1. The summed E-state index contributed by atoms with van der Waals surface area (Å²) < 4.78 is 15.9. The maximum absolute atomic E-state index is 13.4. The topological polar surface area (TPSA) is 357 Å². The van der Waals surface area contributed by atoms with Crippen molar-refractivity contribution in [3.8, 4) is 40.2 Å². The number of ketones is 2. The lowest BCUT2D eigenvalue weighted by atomic mass is 9.81. The zero-order valence-electron chi connectivity index (χ0n) is 36.0. The molecule has 0 unspecified atom stereocenters. The maximum atomic E-state index is 13.4. The molecule has 24 heteroatoms. The van der Waals surface area contributed by atoms with Crippen molar-refractivity contribution >= 4 is 77.9 Å². The summed E-state index contributed by atoms with van der Waals surface area (Å²) in [5, 5.41) is 89.5. The lowest BCUT2D eigenvalue weighted by molar-refractivity contribution is -0.139. The van der Waals surface area contributed by atoms with E-state index in [-0.39, 0.29) is 101 Å². The van der Waals surface area contributed by atoms with Crippen molar-refractivity contribution in [3.05, 3.63) is 98.1 Å². The second kappa shape index (κ2) is 24.3. The number of hydrogen-bond donors (Lipinski definition) is 12. The average Bonchev–Trinajstić information content (AvgIpc) is 3.42. The van der Waals surface area contributed by atoms with Gasteiger partial charge < -0.3 is 76.3 Å². The van der Waals surface area contributed by atoms with E-state index < -0.39 is 81.7 Å². The van der Waals surface area contributed by atoms with Gasteiger partial charge in [0, 0.05) is 68.4 Å². The molecule has 0 radical (unpaired) electrons. The zero-order valence-corrected chi connectivity index (χ0v) is 37.6. The minimum Gasteiger partial charge on any atom is -0.507 e. The molecule has 1 aliphatic carbocycles. The lowest BCUT2D eigenvalue weighted by Gasteiger charge is -2.25. The molecule has 0 fully saturated rings. The number of rotatable bonds is 18. The van der Waals surface area contributed by atoms with Crippen molar-refractivity contribution in [3.63, 3.8) is 0 Å². The van der Waals surface area contributed by atoms with Gasteiger partial charge in [0.05, 0.1) is 46.6 Å². The summed E-state index contributed by atoms with van der Waals surface area (Å²) in [5.74, 6) is -9.77. The molecule has 2 aliphatic rings. The second-order valence-electron chi connectivity index (χ2n) is 14.2. The van der Waals surface area contributed by atoms with E-state index in [0.29, 0.717) is 62.8 Å². The highest BCUT2D eigenvalue weighted by Gasteiger charge is 2.39. The number of aliphatic hydroxyl groups excluding tert-OH is 2. The third kappa shape index (κ3) is 11.7. The number of aryl methyl sites for hydroxylation is 1. The Kier molecular flexibility index (Phi) is 19.6. The number of aliphatic carboxylic acids is 1. The highest BCUT2D eigenvalue weighted by molar-refractivity contribution is 6.33. The number of phenolic OH excluding ortho intramolecular Hbond substituents is 3. The van der Waals surface area contributed by atoms with Gasteiger partial charge in [0.1, 0.15) is 40.7 Å². The van der Waals surface area contributed by atoms with Gasteiger partial charge in [-0.25, -0.2) is 19.2 Å². The van der Waals surface area contributed by atoms with Crippen LogP contribution >= 0.6 is 24.8 Å². The molecule has 0 atom stereocenters.